The largest absolute Gasteiger partial charge is 0.399 e. The maximum Gasteiger partial charge on any atom is 0.251 e. The van der Waals surface area contributed by atoms with Crippen LogP contribution in [-0.2, 0) is 4.74 Å². The number of carbonyl (C=O) groups excluding carboxylic acids is 1. The molecule has 1 amide bonds. The number of halogens is 1. The van der Waals surface area contributed by atoms with E-state index in [1.807, 2.05) is 0 Å². The van der Waals surface area contributed by atoms with Gasteiger partial charge in [-0.15, -0.1) is 12.4 Å². The van der Waals surface area contributed by atoms with E-state index < -0.39 is 0 Å². The Hall–Kier alpha value is -1.26. The van der Waals surface area contributed by atoms with Crippen LogP contribution >= 0.6 is 12.4 Å². The van der Waals surface area contributed by atoms with Gasteiger partial charge in [0.05, 0.1) is 6.61 Å². The molecule has 1 aliphatic rings. The summed E-state index contributed by atoms with van der Waals surface area (Å²) in [6, 6.07) is 7.01. The zero-order valence-corrected chi connectivity index (χ0v) is 11.0. The van der Waals surface area contributed by atoms with Crippen LogP contribution in [0, 0.1) is 5.92 Å². The van der Waals surface area contributed by atoms with Crippen molar-refractivity contribution in [2.45, 2.75) is 12.8 Å². The van der Waals surface area contributed by atoms with Crippen LogP contribution in [0.1, 0.15) is 23.2 Å². The Labute approximate surface area is 113 Å². The Kier molecular flexibility index (Phi) is 5.95. The zero-order valence-electron chi connectivity index (χ0n) is 10.2. The summed E-state index contributed by atoms with van der Waals surface area (Å²) < 4.78 is 5.37. The first-order valence-electron chi connectivity index (χ1n) is 5.97. The molecule has 1 saturated heterocycles. The molecule has 100 valence electrons. The molecule has 0 spiro atoms. The molecular formula is C13H19ClN2O2. The number of ether oxygens (including phenoxy) is 1. The first kappa shape index (κ1) is 14.8. The highest BCUT2D eigenvalue weighted by molar-refractivity contribution is 5.94. The summed E-state index contributed by atoms with van der Waals surface area (Å²) in [7, 11) is 0. The number of rotatable bonds is 3. The van der Waals surface area contributed by atoms with Crippen LogP contribution in [0.25, 0.3) is 0 Å². The minimum atomic E-state index is -0.0668. The zero-order chi connectivity index (χ0) is 12.1. The fourth-order valence-corrected chi connectivity index (χ4v) is 1.99. The van der Waals surface area contributed by atoms with E-state index in [1.165, 1.54) is 0 Å². The second-order valence-corrected chi connectivity index (χ2v) is 4.42. The summed E-state index contributed by atoms with van der Waals surface area (Å²) in [6.45, 7) is 2.27. The van der Waals surface area contributed by atoms with Crippen LogP contribution in [0.2, 0.25) is 0 Å². The first-order valence-corrected chi connectivity index (χ1v) is 5.97. The van der Waals surface area contributed by atoms with Gasteiger partial charge in [0.15, 0.2) is 0 Å². The van der Waals surface area contributed by atoms with Crippen LogP contribution < -0.4 is 11.1 Å². The third-order valence-electron chi connectivity index (χ3n) is 2.95. The Morgan fingerprint density at radius 1 is 1.50 bits per heavy atom. The predicted octanol–water partition coefficient (Wildman–Crippen LogP) is 1.85. The van der Waals surface area contributed by atoms with Gasteiger partial charge in [-0.2, -0.15) is 0 Å². The fourth-order valence-electron chi connectivity index (χ4n) is 1.99. The molecule has 4 nitrogen and oxygen atoms in total. The van der Waals surface area contributed by atoms with Gasteiger partial charge in [0.1, 0.15) is 0 Å². The third-order valence-corrected chi connectivity index (χ3v) is 2.95. The van der Waals surface area contributed by atoms with Crippen molar-refractivity contribution in [1.29, 1.82) is 0 Å². The van der Waals surface area contributed by atoms with E-state index in [1.54, 1.807) is 24.3 Å². The van der Waals surface area contributed by atoms with Crippen molar-refractivity contribution < 1.29 is 9.53 Å². The Morgan fingerprint density at radius 2 is 2.33 bits per heavy atom. The average molecular weight is 271 g/mol. The molecule has 0 saturated carbocycles. The van der Waals surface area contributed by atoms with Gasteiger partial charge in [-0.25, -0.2) is 0 Å². The van der Waals surface area contributed by atoms with E-state index in [2.05, 4.69) is 5.32 Å². The number of anilines is 1. The molecule has 2 rings (SSSR count). The summed E-state index contributed by atoms with van der Waals surface area (Å²) in [5.41, 5.74) is 6.86. The van der Waals surface area contributed by atoms with Crippen LogP contribution in [-0.4, -0.2) is 25.7 Å². The van der Waals surface area contributed by atoms with Crippen molar-refractivity contribution in [3.05, 3.63) is 29.8 Å². The third kappa shape index (κ3) is 4.20. The molecular weight excluding hydrogens is 252 g/mol. The summed E-state index contributed by atoms with van der Waals surface area (Å²) in [4.78, 5) is 11.8. The van der Waals surface area contributed by atoms with Crippen molar-refractivity contribution in [3.63, 3.8) is 0 Å². The number of hydrogen-bond acceptors (Lipinski definition) is 3. The molecule has 3 N–H and O–H groups in total. The number of amides is 1. The number of nitrogens with one attached hydrogen (secondary N) is 1. The SMILES string of the molecule is Cl.Nc1cccc(C(=O)NCC2CCCOC2)c1. The normalized spacial score (nSPS) is 18.8. The van der Waals surface area contributed by atoms with E-state index in [9.17, 15) is 4.79 Å². The molecule has 0 radical (unpaired) electrons. The van der Waals surface area contributed by atoms with Gasteiger partial charge in [0.25, 0.3) is 5.91 Å². The first-order chi connectivity index (χ1) is 8.25. The summed E-state index contributed by atoms with van der Waals surface area (Å²) in [5.74, 6) is 0.372. The van der Waals surface area contributed by atoms with Crippen LogP contribution in [0.5, 0.6) is 0 Å². The lowest BCUT2D eigenvalue weighted by Crippen LogP contribution is -2.33. The topological polar surface area (TPSA) is 64.4 Å². The van der Waals surface area contributed by atoms with Gasteiger partial charge < -0.3 is 15.8 Å². The maximum atomic E-state index is 11.8. The lowest BCUT2D eigenvalue weighted by Gasteiger charge is -2.22. The second kappa shape index (κ2) is 7.24. The van der Waals surface area contributed by atoms with Gasteiger partial charge in [-0.05, 0) is 37.0 Å². The van der Waals surface area contributed by atoms with E-state index >= 15 is 0 Å². The van der Waals surface area contributed by atoms with Crippen molar-refractivity contribution in [3.8, 4) is 0 Å². The molecule has 18 heavy (non-hydrogen) atoms. The quantitative estimate of drug-likeness (QED) is 0.824. The minimum absolute atomic E-state index is 0. The number of carbonyl (C=O) groups is 1. The summed E-state index contributed by atoms with van der Waals surface area (Å²) in [5, 5.41) is 2.92. The minimum Gasteiger partial charge on any atom is -0.399 e. The summed E-state index contributed by atoms with van der Waals surface area (Å²) in [6.07, 6.45) is 2.20. The van der Waals surface area contributed by atoms with Gasteiger partial charge in [0, 0.05) is 24.4 Å². The van der Waals surface area contributed by atoms with E-state index in [0.717, 1.165) is 26.1 Å². The van der Waals surface area contributed by atoms with E-state index in [0.29, 0.717) is 23.7 Å². The van der Waals surface area contributed by atoms with Gasteiger partial charge in [-0.3, -0.25) is 4.79 Å². The Bertz CT molecular complexity index is 392. The molecule has 5 heteroatoms. The highest BCUT2D eigenvalue weighted by Gasteiger charge is 2.15. The molecule has 0 bridgehead atoms. The standard InChI is InChI=1S/C13H18N2O2.ClH/c14-12-5-1-4-11(7-12)13(16)15-8-10-3-2-6-17-9-10;/h1,4-5,7,10H,2-3,6,8-9,14H2,(H,15,16);1H. The second-order valence-electron chi connectivity index (χ2n) is 4.42. The Balaban J connectivity index is 0.00000162. The van der Waals surface area contributed by atoms with Crippen LogP contribution in [0.4, 0.5) is 5.69 Å². The lowest BCUT2D eigenvalue weighted by molar-refractivity contribution is 0.0536. The highest BCUT2D eigenvalue weighted by Crippen LogP contribution is 2.12. The Morgan fingerprint density at radius 3 is 3.00 bits per heavy atom. The van der Waals surface area contributed by atoms with Gasteiger partial charge in [-0.1, -0.05) is 6.07 Å². The molecule has 1 aliphatic heterocycles. The molecule has 1 heterocycles. The van der Waals surface area contributed by atoms with Crippen molar-refractivity contribution in [2.24, 2.45) is 5.92 Å². The summed E-state index contributed by atoms with van der Waals surface area (Å²) >= 11 is 0. The van der Waals surface area contributed by atoms with E-state index in [4.69, 9.17) is 10.5 Å². The van der Waals surface area contributed by atoms with Crippen LogP contribution in [0.3, 0.4) is 0 Å². The molecule has 1 aromatic rings. The molecule has 1 fully saturated rings. The smallest absolute Gasteiger partial charge is 0.251 e. The molecule has 1 unspecified atom stereocenters. The lowest BCUT2D eigenvalue weighted by atomic mass is 10.0. The van der Waals surface area contributed by atoms with Gasteiger partial charge in [0.2, 0.25) is 0 Å². The van der Waals surface area contributed by atoms with Gasteiger partial charge >= 0.3 is 0 Å². The van der Waals surface area contributed by atoms with Crippen molar-refractivity contribution >= 4 is 24.0 Å². The number of hydrogen-bond donors (Lipinski definition) is 2. The molecule has 1 aromatic carbocycles. The average Bonchev–Trinajstić information content (AvgIpc) is 2.37. The number of nitrogen functional groups attached to an aromatic ring is 1. The molecule has 0 aliphatic carbocycles. The van der Waals surface area contributed by atoms with E-state index in [-0.39, 0.29) is 18.3 Å². The number of nitrogens with two attached hydrogens (primary N) is 1. The molecule has 0 aromatic heterocycles. The predicted molar refractivity (Wildman–Crippen MR) is 74.0 cm³/mol. The fraction of sp³-hybridized carbons (Fsp3) is 0.462. The van der Waals surface area contributed by atoms with Crippen LogP contribution in [0.15, 0.2) is 24.3 Å². The number of benzene rings is 1. The maximum absolute atomic E-state index is 11.8. The monoisotopic (exact) mass is 270 g/mol. The van der Waals surface area contributed by atoms with Crippen molar-refractivity contribution in [2.75, 3.05) is 25.5 Å². The molecule has 1 atom stereocenters. The highest BCUT2D eigenvalue weighted by atomic mass is 35.5. The van der Waals surface area contributed by atoms with Crippen molar-refractivity contribution in [1.82, 2.24) is 5.32 Å².